The van der Waals surface area contributed by atoms with Crippen LogP contribution < -0.4 is 10.5 Å². The van der Waals surface area contributed by atoms with E-state index in [-0.39, 0.29) is 0 Å². The van der Waals surface area contributed by atoms with Gasteiger partial charge in [0, 0.05) is 11.4 Å². The molecule has 6 heteroatoms. The highest BCUT2D eigenvalue weighted by Crippen LogP contribution is 2.19. The molecule has 84 valence electrons. The third-order valence-electron chi connectivity index (χ3n) is 1.80. The van der Waals surface area contributed by atoms with Crippen LogP contribution in [0.4, 0.5) is 5.69 Å². The van der Waals surface area contributed by atoms with Crippen molar-refractivity contribution in [2.45, 2.75) is 4.34 Å². The van der Waals surface area contributed by atoms with E-state index in [9.17, 15) is 0 Å². The molecule has 0 saturated heterocycles. The summed E-state index contributed by atoms with van der Waals surface area (Å²) < 4.78 is 6.51. The molecule has 0 aliphatic heterocycles. The molecular formula is C10H11N3OS2. The van der Waals surface area contributed by atoms with Crippen LogP contribution in [0, 0.1) is 0 Å². The molecule has 0 fully saturated rings. The van der Waals surface area contributed by atoms with Crippen LogP contribution >= 0.6 is 23.1 Å². The Kier molecular flexibility index (Phi) is 4.01. The summed E-state index contributed by atoms with van der Waals surface area (Å²) in [6.45, 7) is 0.647. The Balaban J connectivity index is 1.70. The summed E-state index contributed by atoms with van der Waals surface area (Å²) in [6.07, 6.45) is 0. The topological polar surface area (TPSA) is 61.0 Å². The fraction of sp³-hybridized carbons (Fsp3) is 0.200. The molecule has 2 N–H and O–H groups in total. The first-order valence-electron chi connectivity index (χ1n) is 4.72. The van der Waals surface area contributed by atoms with Gasteiger partial charge in [0.05, 0.1) is 6.61 Å². The number of aromatic nitrogens is 2. The smallest absolute Gasteiger partial charge is 0.174 e. The standard InChI is InChI=1S/C10H11N3OS2/c11-8-1-3-9(4-2-8)14-5-6-15-10-13-12-7-16-10/h1-4,7H,5-6,11H2. The lowest BCUT2D eigenvalue weighted by molar-refractivity contribution is 0.344. The van der Waals surface area contributed by atoms with E-state index in [0.29, 0.717) is 6.61 Å². The number of thioether (sulfide) groups is 1. The third-order valence-corrected chi connectivity index (χ3v) is 3.62. The fourth-order valence-corrected chi connectivity index (χ4v) is 2.45. The SMILES string of the molecule is Nc1ccc(OCCSc2nncs2)cc1. The van der Waals surface area contributed by atoms with E-state index in [1.807, 2.05) is 24.3 Å². The highest BCUT2D eigenvalue weighted by atomic mass is 32.2. The molecule has 0 aliphatic rings. The Hall–Kier alpha value is -1.27. The van der Waals surface area contributed by atoms with Crippen LogP contribution in [-0.4, -0.2) is 22.6 Å². The van der Waals surface area contributed by atoms with Crippen molar-refractivity contribution in [2.75, 3.05) is 18.1 Å². The Morgan fingerprint density at radius 1 is 1.31 bits per heavy atom. The summed E-state index contributed by atoms with van der Waals surface area (Å²) in [4.78, 5) is 0. The van der Waals surface area contributed by atoms with Gasteiger partial charge < -0.3 is 10.5 Å². The molecule has 0 bridgehead atoms. The van der Waals surface area contributed by atoms with E-state index in [4.69, 9.17) is 10.5 Å². The third kappa shape index (κ3) is 3.39. The summed E-state index contributed by atoms with van der Waals surface area (Å²) in [5.74, 6) is 1.70. The first kappa shape index (κ1) is 11.2. The maximum absolute atomic E-state index is 5.57. The Labute approximate surface area is 102 Å². The molecule has 0 aliphatic carbocycles. The van der Waals surface area contributed by atoms with Crippen LogP contribution in [0.2, 0.25) is 0 Å². The van der Waals surface area contributed by atoms with Crippen molar-refractivity contribution in [3.05, 3.63) is 29.8 Å². The molecule has 0 amide bonds. The Bertz CT molecular complexity index is 416. The maximum Gasteiger partial charge on any atom is 0.174 e. The van der Waals surface area contributed by atoms with E-state index >= 15 is 0 Å². The minimum Gasteiger partial charge on any atom is -0.493 e. The normalized spacial score (nSPS) is 10.2. The van der Waals surface area contributed by atoms with Gasteiger partial charge in [-0.05, 0) is 24.3 Å². The van der Waals surface area contributed by atoms with Gasteiger partial charge in [0.1, 0.15) is 11.3 Å². The van der Waals surface area contributed by atoms with Gasteiger partial charge >= 0.3 is 0 Å². The number of rotatable bonds is 5. The number of hydrogen-bond donors (Lipinski definition) is 1. The van der Waals surface area contributed by atoms with Gasteiger partial charge in [-0.1, -0.05) is 23.1 Å². The summed E-state index contributed by atoms with van der Waals surface area (Å²) in [7, 11) is 0. The van der Waals surface area contributed by atoms with E-state index in [0.717, 1.165) is 21.5 Å². The number of nitrogens with zero attached hydrogens (tertiary/aromatic N) is 2. The highest BCUT2D eigenvalue weighted by Gasteiger charge is 1.98. The summed E-state index contributed by atoms with van der Waals surface area (Å²) in [5, 5.41) is 7.69. The van der Waals surface area contributed by atoms with Gasteiger partial charge in [0.15, 0.2) is 4.34 Å². The van der Waals surface area contributed by atoms with Gasteiger partial charge in [-0.15, -0.1) is 10.2 Å². The summed E-state index contributed by atoms with van der Waals surface area (Å²) >= 11 is 3.18. The molecule has 0 radical (unpaired) electrons. The molecule has 4 nitrogen and oxygen atoms in total. The minimum atomic E-state index is 0.647. The lowest BCUT2D eigenvalue weighted by Crippen LogP contribution is -2.00. The van der Waals surface area contributed by atoms with Crippen molar-refractivity contribution < 1.29 is 4.74 Å². The lowest BCUT2D eigenvalue weighted by Gasteiger charge is -2.04. The van der Waals surface area contributed by atoms with Crippen LogP contribution in [-0.2, 0) is 0 Å². The maximum atomic E-state index is 5.57. The Morgan fingerprint density at radius 3 is 2.81 bits per heavy atom. The second-order valence-corrected chi connectivity index (χ2v) is 5.15. The molecule has 0 atom stereocenters. The molecule has 2 rings (SSSR count). The second kappa shape index (κ2) is 5.72. The van der Waals surface area contributed by atoms with Crippen molar-refractivity contribution >= 4 is 28.8 Å². The van der Waals surface area contributed by atoms with Crippen molar-refractivity contribution in [2.24, 2.45) is 0 Å². The largest absolute Gasteiger partial charge is 0.493 e. The van der Waals surface area contributed by atoms with E-state index in [1.54, 1.807) is 17.3 Å². The molecule has 0 unspecified atom stereocenters. The van der Waals surface area contributed by atoms with Crippen LogP contribution in [0.15, 0.2) is 34.1 Å². The van der Waals surface area contributed by atoms with Gasteiger partial charge in [-0.3, -0.25) is 0 Å². The lowest BCUT2D eigenvalue weighted by atomic mass is 10.3. The molecular weight excluding hydrogens is 242 g/mol. The number of anilines is 1. The molecule has 1 aromatic carbocycles. The van der Waals surface area contributed by atoms with E-state index in [1.165, 1.54) is 11.3 Å². The number of benzene rings is 1. The van der Waals surface area contributed by atoms with Gasteiger partial charge in [-0.2, -0.15) is 0 Å². The van der Waals surface area contributed by atoms with Crippen molar-refractivity contribution in [1.82, 2.24) is 10.2 Å². The average Bonchev–Trinajstić information content (AvgIpc) is 2.80. The van der Waals surface area contributed by atoms with E-state index in [2.05, 4.69) is 10.2 Å². The van der Waals surface area contributed by atoms with Crippen molar-refractivity contribution in [3.63, 3.8) is 0 Å². The average molecular weight is 253 g/mol. The van der Waals surface area contributed by atoms with Crippen LogP contribution in [0.1, 0.15) is 0 Å². The van der Waals surface area contributed by atoms with Crippen molar-refractivity contribution in [3.8, 4) is 5.75 Å². The molecule has 2 aromatic rings. The summed E-state index contributed by atoms with van der Waals surface area (Å²) in [6, 6.07) is 7.39. The second-order valence-electron chi connectivity index (χ2n) is 2.97. The fourth-order valence-electron chi connectivity index (χ4n) is 1.08. The zero-order valence-electron chi connectivity index (χ0n) is 8.50. The predicted molar refractivity (Wildman–Crippen MR) is 67.0 cm³/mol. The predicted octanol–water partition coefficient (Wildman–Crippen LogP) is 2.29. The minimum absolute atomic E-state index is 0.647. The zero-order chi connectivity index (χ0) is 11.2. The monoisotopic (exact) mass is 253 g/mol. The number of nitrogen functional groups attached to an aromatic ring is 1. The first-order valence-corrected chi connectivity index (χ1v) is 6.58. The van der Waals surface area contributed by atoms with Gasteiger partial charge in [0.2, 0.25) is 0 Å². The number of hydrogen-bond acceptors (Lipinski definition) is 6. The molecule has 1 aromatic heterocycles. The molecule has 1 heterocycles. The quantitative estimate of drug-likeness (QED) is 0.503. The molecule has 0 spiro atoms. The van der Waals surface area contributed by atoms with Gasteiger partial charge in [-0.25, -0.2) is 0 Å². The molecule has 16 heavy (non-hydrogen) atoms. The zero-order valence-corrected chi connectivity index (χ0v) is 10.1. The number of ether oxygens (including phenoxy) is 1. The van der Waals surface area contributed by atoms with Crippen LogP contribution in [0.25, 0.3) is 0 Å². The first-order chi connectivity index (χ1) is 7.84. The highest BCUT2D eigenvalue weighted by molar-refractivity contribution is 8.01. The molecule has 0 saturated carbocycles. The van der Waals surface area contributed by atoms with Crippen LogP contribution in [0.3, 0.4) is 0 Å². The van der Waals surface area contributed by atoms with Crippen LogP contribution in [0.5, 0.6) is 5.75 Å². The summed E-state index contributed by atoms with van der Waals surface area (Å²) in [5.41, 5.74) is 8.04. The number of nitrogens with two attached hydrogens (primary N) is 1. The van der Waals surface area contributed by atoms with E-state index < -0.39 is 0 Å². The van der Waals surface area contributed by atoms with Crippen molar-refractivity contribution in [1.29, 1.82) is 0 Å². The van der Waals surface area contributed by atoms with Gasteiger partial charge in [0.25, 0.3) is 0 Å². The Morgan fingerprint density at radius 2 is 2.12 bits per heavy atom.